The number of phenolic OH excluding ortho intramolecular Hbond substituents is 1. The SMILES string of the molecule is N[C@H](CCO)c1c(O)cc(Br)cc1Br. The van der Waals surface area contributed by atoms with Gasteiger partial charge < -0.3 is 15.9 Å². The molecule has 1 aromatic carbocycles. The highest BCUT2D eigenvalue weighted by Gasteiger charge is 2.14. The molecule has 0 radical (unpaired) electrons. The molecule has 0 amide bonds. The minimum absolute atomic E-state index is 0.00309. The van der Waals surface area contributed by atoms with E-state index in [9.17, 15) is 5.11 Å². The molecule has 4 N–H and O–H groups in total. The summed E-state index contributed by atoms with van der Waals surface area (Å²) in [6, 6.07) is 3.03. The molecule has 1 rings (SSSR count). The molecule has 0 spiro atoms. The van der Waals surface area contributed by atoms with E-state index in [1.54, 1.807) is 6.07 Å². The van der Waals surface area contributed by atoms with Crippen molar-refractivity contribution in [1.82, 2.24) is 0 Å². The summed E-state index contributed by atoms with van der Waals surface area (Å²) in [5.41, 5.74) is 6.42. The van der Waals surface area contributed by atoms with Crippen molar-refractivity contribution >= 4 is 31.9 Å². The number of aliphatic hydroxyl groups is 1. The average Bonchev–Trinajstić information content (AvgIpc) is 2.01. The predicted molar refractivity (Wildman–Crippen MR) is 62.1 cm³/mol. The topological polar surface area (TPSA) is 66.5 Å². The van der Waals surface area contributed by atoms with Gasteiger partial charge in [-0.1, -0.05) is 31.9 Å². The van der Waals surface area contributed by atoms with E-state index in [4.69, 9.17) is 10.8 Å². The summed E-state index contributed by atoms with van der Waals surface area (Å²) < 4.78 is 1.52. The van der Waals surface area contributed by atoms with Gasteiger partial charge in [-0.3, -0.25) is 0 Å². The predicted octanol–water partition coefficient (Wildman–Crippen LogP) is 2.30. The fraction of sp³-hybridized carbons (Fsp3) is 0.333. The molecule has 0 heterocycles. The maximum Gasteiger partial charge on any atom is 0.122 e. The van der Waals surface area contributed by atoms with Crippen LogP contribution in [0, 0.1) is 0 Å². The lowest BCUT2D eigenvalue weighted by Crippen LogP contribution is -2.12. The highest BCUT2D eigenvalue weighted by molar-refractivity contribution is 9.11. The maximum atomic E-state index is 9.65. The second-order valence-electron chi connectivity index (χ2n) is 2.94. The van der Waals surface area contributed by atoms with E-state index in [1.807, 2.05) is 6.07 Å². The van der Waals surface area contributed by atoms with Gasteiger partial charge in [0.25, 0.3) is 0 Å². The number of aliphatic hydroxyl groups excluding tert-OH is 1. The molecule has 0 fully saturated rings. The van der Waals surface area contributed by atoms with Gasteiger partial charge in [0.05, 0.1) is 0 Å². The van der Waals surface area contributed by atoms with Crippen LogP contribution < -0.4 is 5.73 Å². The Morgan fingerprint density at radius 3 is 2.50 bits per heavy atom. The first kappa shape index (κ1) is 12.0. The van der Waals surface area contributed by atoms with Crippen LogP contribution in [0.2, 0.25) is 0 Å². The molecule has 0 aliphatic heterocycles. The Morgan fingerprint density at radius 1 is 1.36 bits per heavy atom. The Hall–Kier alpha value is -0.100. The average molecular weight is 325 g/mol. The van der Waals surface area contributed by atoms with Crippen LogP contribution in [-0.4, -0.2) is 16.8 Å². The summed E-state index contributed by atoms with van der Waals surface area (Å²) in [5, 5.41) is 18.4. The molecule has 0 unspecified atom stereocenters. The van der Waals surface area contributed by atoms with Gasteiger partial charge in [-0.05, 0) is 18.6 Å². The van der Waals surface area contributed by atoms with Crippen LogP contribution in [0.4, 0.5) is 0 Å². The number of rotatable bonds is 3. The second kappa shape index (κ2) is 5.11. The third-order valence-corrected chi connectivity index (χ3v) is 3.00. The van der Waals surface area contributed by atoms with E-state index < -0.39 is 0 Å². The number of benzene rings is 1. The zero-order chi connectivity index (χ0) is 10.7. The lowest BCUT2D eigenvalue weighted by Gasteiger charge is -2.14. The van der Waals surface area contributed by atoms with Crippen molar-refractivity contribution in [2.24, 2.45) is 5.73 Å². The summed E-state index contributed by atoms with van der Waals surface area (Å²) in [6.45, 7) is 0.00309. The number of hydrogen-bond donors (Lipinski definition) is 3. The van der Waals surface area contributed by atoms with Crippen LogP contribution in [0.25, 0.3) is 0 Å². The monoisotopic (exact) mass is 323 g/mol. The molecular weight excluding hydrogens is 314 g/mol. The first-order valence-electron chi connectivity index (χ1n) is 4.10. The second-order valence-corrected chi connectivity index (χ2v) is 4.71. The summed E-state index contributed by atoms with van der Waals surface area (Å²) in [7, 11) is 0. The number of phenols is 1. The molecule has 78 valence electrons. The Bertz CT molecular complexity index is 308. The van der Waals surface area contributed by atoms with E-state index in [0.29, 0.717) is 12.0 Å². The van der Waals surface area contributed by atoms with E-state index in [2.05, 4.69) is 31.9 Å². The Morgan fingerprint density at radius 2 is 2.00 bits per heavy atom. The van der Waals surface area contributed by atoms with E-state index in [0.717, 1.165) is 8.95 Å². The fourth-order valence-corrected chi connectivity index (χ4v) is 2.72. The molecule has 5 heteroatoms. The van der Waals surface area contributed by atoms with Crippen molar-refractivity contribution in [1.29, 1.82) is 0 Å². The van der Waals surface area contributed by atoms with Crippen molar-refractivity contribution in [2.75, 3.05) is 6.61 Å². The zero-order valence-electron chi connectivity index (χ0n) is 7.37. The quantitative estimate of drug-likeness (QED) is 0.799. The van der Waals surface area contributed by atoms with Crippen molar-refractivity contribution < 1.29 is 10.2 Å². The number of halogens is 2. The highest BCUT2D eigenvalue weighted by atomic mass is 79.9. The molecule has 1 aromatic rings. The van der Waals surface area contributed by atoms with Crippen LogP contribution in [0.3, 0.4) is 0 Å². The molecule has 0 aliphatic rings. The summed E-state index contributed by atoms with van der Waals surface area (Å²) in [6.07, 6.45) is 0.424. The summed E-state index contributed by atoms with van der Waals surface area (Å²) in [4.78, 5) is 0. The van der Waals surface area contributed by atoms with Gasteiger partial charge >= 0.3 is 0 Å². The third kappa shape index (κ3) is 2.70. The lowest BCUT2D eigenvalue weighted by atomic mass is 10.0. The van der Waals surface area contributed by atoms with Gasteiger partial charge in [-0.15, -0.1) is 0 Å². The normalized spacial score (nSPS) is 12.9. The largest absolute Gasteiger partial charge is 0.508 e. The molecule has 3 nitrogen and oxygen atoms in total. The molecule has 0 saturated carbocycles. The Labute approximate surface area is 99.2 Å². The van der Waals surface area contributed by atoms with Gasteiger partial charge in [-0.2, -0.15) is 0 Å². The van der Waals surface area contributed by atoms with Crippen molar-refractivity contribution in [3.05, 3.63) is 26.6 Å². The molecule has 14 heavy (non-hydrogen) atoms. The molecule has 1 atom stereocenters. The number of hydrogen-bond acceptors (Lipinski definition) is 3. The van der Waals surface area contributed by atoms with Crippen molar-refractivity contribution in [3.8, 4) is 5.75 Å². The van der Waals surface area contributed by atoms with Gasteiger partial charge in [-0.25, -0.2) is 0 Å². The minimum atomic E-state index is -0.359. The van der Waals surface area contributed by atoms with Crippen LogP contribution in [0.15, 0.2) is 21.1 Å². The smallest absolute Gasteiger partial charge is 0.122 e. The Balaban J connectivity index is 3.07. The molecule has 0 aromatic heterocycles. The van der Waals surface area contributed by atoms with E-state index in [-0.39, 0.29) is 18.4 Å². The first-order chi connectivity index (χ1) is 6.56. The zero-order valence-corrected chi connectivity index (χ0v) is 10.5. The van der Waals surface area contributed by atoms with Crippen molar-refractivity contribution in [2.45, 2.75) is 12.5 Å². The fourth-order valence-electron chi connectivity index (χ4n) is 1.22. The summed E-state index contributed by atoms with van der Waals surface area (Å²) >= 11 is 6.57. The number of aromatic hydroxyl groups is 1. The standard InChI is InChI=1S/C9H11Br2NO2/c10-5-3-6(11)9(8(14)4-5)7(12)1-2-13/h3-4,7,13-14H,1-2,12H2/t7-/m1/s1. The third-order valence-electron chi connectivity index (χ3n) is 1.88. The van der Waals surface area contributed by atoms with Gasteiger partial charge in [0.1, 0.15) is 5.75 Å². The molecule has 0 aliphatic carbocycles. The van der Waals surface area contributed by atoms with Crippen LogP contribution in [0.5, 0.6) is 5.75 Å². The van der Waals surface area contributed by atoms with Gasteiger partial charge in [0, 0.05) is 27.2 Å². The Kier molecular flexibility index (Phi) is 4.37. The van der Waals surface area contributed by atoms with E-state index >= 15 is 0 Å². The molecule has 0 saturated heterocycles. The number of nitrogens with two attached hydrogens (primary N) is 1. The molecule has 0 bridgehead atoms. The molecular formula is C9H11Br2NO2. The van der Waals surface area contributed by atoms with E-state index in [1.165, 1.54) is 0 Å². The van der Waals surface area contributed by atoms with Gasteiger partial charge in [0.15, 0.2) is 0 Å². The van der Waals surface area contributed by atoms with Crippen LogP contribution >= 0.6 is 31.9 Å². The van der Waals surface area contributed by atoms with Crippen molar-refractivity contribution in [3.63, 3.8) is 0 Å². The summed E-state index contributed by atoms with van der Waals surface area (Å²) in [5.74, 6) is 0.132. The van der Waals surface area contributed by atoms with Crippen LogP contribution in [0.1, 0.15) is 18.0 Å². The minimum Gasteiger partial charge on any atom is -0.508 e. The lowest BCUT2D eigenvalue weighted by molar-refractivity contribution is 0.275. The first-order valence-corrected chi connectivity index (χ1v) is 5.69. The maximum absolute atomic E-state index is 9.65. The van der Waals surface area contributed by atoms with Crippen LogP contribution in [-0.2, 0) is 0 Å². The van der Waals surface area contributed by atoms with Gasteiger partial charge in [0.2, 0.25) is 0 Å². The highest BCUT2D eigenvalue weighted by Crippen LogP contribution is 2.35.